The molecule has 0 aliphatic heterocycles. The summed E-state index contributed by atoms with van der Waals surface area (Å²) in [5.41, 5.74) is -0.000486. The molecule has 80 valence electrons. The highest BCUT2D eigenvalue weighted by atomic mass is 16.3. The Balaban J connectivity index is 4.21. The lowest BCUT2D eigenvalue weighted by Crippen LogP contribution is -2.49. The monoisotopic (exact) mass is 187 g/mol. The highest BCUT2D eigenvalue weighted by molar-refractivity contribution is 4.84. The van der Waals surface area contributed by atoms with Crippen LogP contribution in [0.25, 0.3) is 0 Å². The van der Waals surface area contributed by atoms with E-state index in [1.54, 1.807) is 0 Å². The number of nitrogens with zero attached hydrogens (tertiary/aromatic N) is 1. The fourth-order valence-electron chi connectivity index (χ4n) is 1.88. The van der Waals surface area contributed by atoms with Gasteiger partial charge >= 0.3 is 0 Å². The summed E-state index contributed by atoms with van der Waals surface area (Å²) in [5, 5.41) is 9.40. The molecule has 0 amide bonds. The average molecular weight is 187 g/mol. The molecule has 0 aromatic rings. The lowest BCUT2D eigenvalue weighted by molar-refractivity contribution is 0.0423. The Hall–Kier alpha value is -0.0800. The summed E-state index contributed by atoms with van der Waals surface area (Å²) in [4.78, 5) is 2.35. The van der Waals surface area contributed by atoms with Crippen molar-refractivity contribution in [3.05, 3.63) is 0 Å². The number of unbranched alkanes of at least 4 members (excludes halogenated alkanes) is 1. The molecule has 1 atom stereocenters. The molecular weight excluding hydrogens is 162 g/mol. The Kier molecular flexibility index (Phi) is 6.35. The standard InChI is InChI=1S/C11H25NO/c1-5-8-9-11(4,10-13)12(6-2)7-3/h13H,5-10H2,1-4H3. The largest absolute Gasteiger partial charge is 0.394 e. The van der Waals surface area contributed by atoms with Crippen molar-refractivity contribution in [2.45, 2.75) is 52.5 Å². The molecule has 2 nitrogen and oxygen atoms in total. The van der Waals surface area contributed by atoms with Crippen molar-refractivity contribution in [1.82, 2.24) is 4.90 Å². The Bertz CT molecular complexity index is 123. The smallest absolute Gasteiger partial charge is 0.0612 e. The molecule has 0 rings (SSSR count). The highest BCUT2D eigenvalue weighted by Crippen LogP contribution is 2.21. The number of likely N-dealkylation sites (N-methyl/N-ethyl adjacent to an activating group) is 1. The van der Waals surface area contributed by atoms with E-state index in [-0.39, 0.29) is 12.1 Å². The molecule has 1 N–H and O–H groups in total. The molecule has 2 heteroatoms. The maximum Gasteiger partial charge on any atom is 0.0612 e. The van der Waals surface area contributed by atoms with Gasteiger partial charge in [-0.3, -0.25) is 4.90 Å². The van der Waals surface area contributed by atoms with E-state index >= 15 is 0 Å². The minimum Gasteiger partial charge on any atom is -0.394 e. The van der Waals surface area contributed by atoms with Gasteiger partial charge in [-0.1, -0.05) is 33.6 Å². The molecule has 0 radical (unpaired) electrons. The Labute approximate surface area is 82.9 Å². The molecule has 1 unspecified atom stereocenters. The molecule has 0 aromatic carbocycles. The van der Waals surface area contributed by atoms with Crippen LogP contribution in [-0.2, 0) is 0 Å². The van der Waals surface area contributed by atoms with Gasteiger partial charge in [0, 0.05) is 5.54 Å². The molecule has 0 bridgehead atoms. The maximum atomic E-state index is 9.40. The summed E-state index contributed by atoms with van der Waals surface area (Å²) >= 11 is 0. The van der Waals surface area contributed by atoms with Crippen LogP contribution in [0, 0.1) is 0 Å². The zero-order valence-electron chi connectivity index (χ0n) is 9.64. The number of rotatable bonds is 7. The van der Waals surface area contributed by atoms with Crippen LogP contribution >= 0.6 is 0 Å². The van der Waals surface area contributed by atoms with Gasteiger partial charge in [-0.05, 0) is 26.4 Å². The lowest BCUT2D eigenvalue weighted by Gasteiger charge is -2.39. The molecule has 13 heavy (non-hydrogen) atoms. The first-order chi connectivity index (χ1) is 6.14. The van der Waals surface area contributed by atoms with E-state index in [4.69, 9.17) is 0 Å². The topological polar surface area (TPSA) is 23.5 Å². The summed E-state index contributed by atoms with van der Waals surface area (Å²) < 4.78 is 0. The fraction of sp³-hybridized carbons (Fsp3) is 1.00. The highest BCUT2D eigenvalue weighted by Gasteiger charge is 2.27. The van der Waals surface area contributed by atoms with Crippen LogP contribution in [-0.4, -0.2) is 35.2 Å². The SMILES string of the molecule is CCCCC(C)(CO)N(CC)CC. The molecule has 0 heterocycles. The second kappa shape index (κ2) is 6.39. The first kappa shape index (κ1) is 12.9. The van der Waals surface area contributed by atoms with E-state index in [0.717, 1.165) is 19.5 Å². The van der Waals surface area contributed by atoms with E-state index in [1.807, 2.05) is 0 Å². The second-order valence-corrected chi connectivity index (χ2v) is 3.93. The molecule has 0 saturated heterocycles. The minimum atomic E-state index is -0.000486. The van der Waals surface area contributed by atoms with E-state index in [0.29, 0.717) is 0 Å². The van der Waals surface area contributed by atoms with E-state index in [2.05, 4.69) is 32.6 Å². The molecule has 0 aliphatic carbocycles. The van der Waals surface area contributed by atoms with Gasteiger partial charge in [0.05, 0.1) is 6.61 Å². The molecule has 0 spiro atoms. The fourth-order valence-corrected chi connectivity index (χ4v) is 1.88. The zero-order chi connectivity index (χ0) is 10.3. The number of aliphatic hydroxyl groups is 1. The van der Waals surface area contributed by atoms with E-state index < -0.39 is 0 Å². The lowest BCUT2D eigenvalue weighted by atomic mass is 9.93. The van der Waals surface area contributed by atoms with Crippen molar-refractivity contribution in [2.75, 3.05) is 19.7 Å². The van der Waals surface area contributed by atoms with E-state index in [9.17, 15) is 5.11 Å². The summed E-state index contributed by atoms with van der Waals surface area (Å²) in [6.45, 7) is 11.0. The number of aliphatic hydroxyl groups excluding tert-OH is 1. The predicted octanol–water partition coefficient (Wildman–Crippen LogP) is 2.27. The van der Waals surface area contributed by atoms with Crippen LogP contribution in [0.4, 0.5) is 0 Å². The summed E-state index contributed by atoms with van der Waals surface area (Å²) in [6.07, 6.45) is 3.51. The quantitative estimate of drug-likeness (QED) is 0.661. The number of hydrogen-bond donors (Lipinski definition) is 1. The third kappa shape index (κ3) is 3.65. The van der Waals surface area contributed by atoms with Gasteiger partial charge in [-0.25, -0.2) is 0 Å². The zero-order valence-corrected chi connectivity index (χ0v) is 9.64. The van der Waals surface area contributed by atoms with Crippen molar-refractivity contribution in [3.63, 3.8) is 0 Å². The van der Waals surface area contributed by atoms with Crippen LogP contribution in [0.2, 0.25) is 0 Å². The molecule has 0 aromatic heterocycles. The van der Waals surface area contributed by atoms with Crippen molar-refractivity contribution in [1.29, 1.82) is 0 Å². The van der Waals surface area contributed by atoms with Gasteiger partial charge in [0.1, 0.15) is 0 Å². The van der Waals surface area contributed by atoms with Crippen molar-refractivity contribution in [3.8, 4) is 0 Å². The summed E-state index contributed by atoms with van der Waals surface area (Å²) in [7, 11) is 0. The molecule has 0 aliphatic rings. The molecular formula is C11H25NO. The second-order valence-electron chi connectivity index (χ2n) is 3.93. The van der Waals surface area contributed by atoms with E-state index in [1.165, 1.54) is 12.8 Å². The normalized spacial score (nSPS) is 16.2. The van der Waals surface area contributed by atoms with Crippen LogP contribution in [0.15, 0.2) is 0 Å². The van der Waals surface area contributed by atoms with Crippen molar-refractivity contribution in [2.24, 2.45) is 0 Å². The van der Waals surface area contributed by atoms with Crippen LogP contribution in [0.5, 0.6) is 0 Å². The minimum absolute atomic E-state index is 0.000486. The first-order valence-corrected chi connectivity index (χ1v) is 5.50. The van der Waals surface area contributed by atoms with Gasteiger partial charge in [0.25, 0.3) is 0 Å². The van der Waals surface area contributed by atoms with Gasteiger partial charge in [-0.2, -0.15) is 0 Å². The molecule has 0 fully saturated rings. The van der Waals surface area contributed by atoms with Gasteiger partial charge < -0.3 is 5.11 Å². The average Bonchev–Trinajstić information content (AvgIpc) is 2.16. The number of hydrogen-bond acceptors (Lipinski definition) is 2. The van der Waals surface area contributed by atoms with Gasteiger partial charge in [-0.15, -0.1) is 0 Å². The maximum absolute atomic E-state index is 9.40. The van der Waals surface area contributed by atoms with Crippen molar-refractivity contribution >= 4 is 0 Å². The van der Waals surface area contributed by atoms with Crippen LogP contribution < -0.4 is 0 Å². The Morgan fingerprint density at radius 3 is 2.00 bits per heavy atom. The summed E-state index contributed by atoms with van der Waals surface area (Å²) in [6, 6.07) is 0. The Morgan fingerprint density at radius 1 is 1.15 bits per heavy atom. The first-order valence-electron chi connectivity index (χ1n) is 5.50. The predicted molar refractivity (Wildman–Crippen MR) is 57.9 cm³/mol. The third-order valence-electron chi connectivity index (χ3n) is 2.94. The van der Waals surface area contributed by atoms with Crippen LogP contribution in [0.3, 0.4) is 0 Å². The Morgan fingerprint density at radius 2 is 1.69 bits per heavy atom. The van der Waals surface area contributed by atoms with Crippen molar-refractivity contribution < 1.29 is 5.11 Å². The van der Waals surface area contributed by atoms with Gasteiger partial charge in [0.15, 0.2) is 0 Å². The third-order valence-corrected chi connectivity index (χ3v) is 2.94. The summed E-state index contributed by atoms with van der Waals surface area (Å²) in [5.74, 6) is 0. The van der Waals surface area contributed by atoms with Gasteiger partial charge in [0.2, 0.25) is 0 Å². The molecule has 0 saturated carbocycles. The van der Waals surface area contributed by atoms with Crippen LogP contribution in [0.1, 0.15) is 47.0 Å².